The molecule has 0 unspecified atom stereocenters. The number of aromatic nitrogens is 7. The minimum atomic E-state index is 0.412. The zero-order valence-corrected chi connectivity index (χ0v) is 40.1. The second-order valence-electron chi connectivity index (χ2n) is 18.8. The standard InChI is InChI=1S/C67H39N7O/c1-3-17-40(18-4-1)57-38-59(55-36-42-21-7-9-23-47(42)49-25-11-13-27-51(49)55)72-65(70-57)44-33-45(35-46(34-44)67-74-63-53-29-15-31-68-61(53)62-54(64(63)75-67)30-16-32-69-62)66-71-58(41-19-5-2-6-20-41)39-60(73-66)56-37-43-22-8-10-24-48(43)50-26-12-14-28-52(50)56/h1-39H. The summed E-state index contributed by atoms with van der Waals surface area (Å²) in [7, 11) is 0. The van der Waals surface area contributed by atoms with Gasteiger partial charge >= 0.3 is 0 Å². The molecule has 8 nitrogen and oxygen atoms in total. The first-order valence-electron chi connectivity index (χ1n) is 24.9. The fraction of sp³-hybridized carbons (Fsp3) is 0. The van der Waals surface area contributed by atoms with Crippen molar-refractivity contribution >= 4 is 76.0 Å². The summed E-state index contributed by atoms with van der Waals surface area (Å²) in [5, 5.41) is 10.8. The first-order valence-corrected chi connectivity index (χ1v) is 24.9. The van der Waals surface area contributed by atoms with E-state index < -0.39 is 0 Å². The van der Waals surface area contributed by atoms with Crippen molar-refractivity contribution in [1.29, 1.82) is 0 Å². The molecule has 10 aromatic carbocycles. The third-order valence-corrected chi connectivity index (χ3v) is 14.3. The molecule has 0 spiro atoms. The van der Waals surface area contributed by atoms with E-state index in [-0.39, 0.29) is 0 Å². The van der Waals surface area contributed by atoms with E-state index in [1.165, 1.54) is 10.8 Å². The lowest BCUT2D eigenvalue weighted by Crippen LogP contribution is -1.99. The Balaban J connectivity index is 1.02. The Kier molecular flexibility index (Phi) is 9.71. The fourth-order valence-corrected chi connectivity index (χ4v) is 10.9. The lowest BCUT2D eigenvalue weighted by atomic mass is 9.94. The molecule has 0 saturated carbocycles. The number of nitrogens with zero attached hydrogens (tertiary/aromatic N) is 7. The number of hydrogen-bond acceptors (Lipinski definition) is 8. The molecule has 5 heterocycles. The Bertz CT molecular complexity index is 4490. The van der Waals surface area contributed by atoms with Crippen LogP contribution in [0.1, 0.15) is 0 Å². The van der Waals surface area contributed by atoms with Gasteiger partial charge in [-0.25, -0.2) is 24.9 Å². The maximum atomic E-state index is 6.95. The summed E-state index contributed by atoms with van der Waals surface area (Å²) in [4.78, 5) is 36.7. The van der Waals surface area contributed by atoms with Crippen LogP contribution in [-0.2, 0) is 0 Å². The molecule has 0 radical (unpaired) electrons. The molecule has 348 valence electrons. The highest BCUT2D eigenvalue weighted by Gasteiger charge is 2.23. The zero-order valence-electron chi connectivity index (χ0n) is 40.1. The van der Waals surface area contributed by atoms with Crippen LogP contribution in [0.2, 0.25) is 0 Å². The summed E-state index contributed by atoms with van der Waals surface area (Å²) >= 11 is 0. The van der Waals surface area contributed by atoms with Crippen LogP contribution in [0.4, 0.5) is 0 Å². The number of rotatable bonds is 7. The molecule has 0 saturated heterocycles. The molecule has 0 aliphatic heterocycles. The lowest BCUT2D eigenvalue weighted by Gasteiger charge is -2.15. The molecule has 15 rings (SSSR count). The SMILES string of the molecule is c1ccc(-c2cc(-c3cc4ccccc4c4ccccc34)nc(-c3cc(-c4nc(-c5ccccc5)cc(-c5cc6ccccc6c6ccccc56)n4)cc(-c4nc5c6cccnc6c6ncccc6c5o4)c3)n2)cc1. The normalized spacial score (nSPS) is 11.7. The first kappa shape index (κ1) is 42.4. The van der Waals surface area contributed by atoms with Gasteiger partial charge < -0.3 is 4.42 Å². The van der Waals surface area contributed by atoms with Gasteiger partial charge in [-0.15, -0.1) is 0 Å². The third-order valence-electron chi connectivity index (χ3n) is 14.3. The topological polar surface area (TPSA) is 103 Å². The zero-order chi connectivity index (χ0) is 49.4. The van der Waals surface area contributed by atoms with Gasteiger partial charge in [-0.05, 0) is 110 Å². The Morgan fingerprint density at radius 3 is 1.21 bits per heavy atom. The smallest absolute Gasteiger partial charge is 0.227 e. The van der Waals surface area contributed by atoms with Crippen LogP contribution in [0.15, 0.2) is 241 Å². The van der Waals surface area contributed by atoms with Crippen LogP contribution in [0.25, 0.3) is 155 Å². The Hall–Kier alpha value is -10.3. The van der Waals surface area contributed by atoms with Crippen LogP contribution in [0.3, 0.4) is 0 Å². The first-order chi connectivity index (χ1) is 37.1. The number of benzene rings is 10. The predicted octanol–water partition coefficient (Wildman–Crippen LogP) is 16.8. The molecule has 0 N–H and O–H groups in total. The average molecular weight is 958 g/mol. The Morgan fingerprint density at radius 1 is 0.267 bits per heavy atom. The van der Waals surface area contributed by atoms with E-state index in [0.29, 0.717) is 34.2 Å². The molecule has 0 bridgehead atoms. The van der Waals surface area contributed by atoms with Crippen molar-refractivity contribution in [3.8, 4) is 79.3 Å². The number of fused-ring (bicyclic) bond motifs is 12. The lowest BCUT2D eigenvalue weighted by molar-refractivity contribution is 0.623. The number of oxazole rings is 1. The van der Waals surface area contributed by atoms with E-state index in [1.807, 2.05) is 60.7 Å². The molecule has 0 aliphatic carbocycles. The van der Waals surface area contributed by atoms with Gasteiger partial charge in [-0.3, -0.25) is 9.97 Å². The third kappa shape index (κ3) is 7.18. The molecule has 15 aromatic rings. The molecule has 0 atom stereocenters. The largest absolute Gasteiger partial charge is 0.435 e. The van der Waals surface area contributed by atoms with Gasteiger partial charge in [0, 0.05) is 62.1 Å². The van der Waals surface area contributed by atoms with Crippen molar-refractivity contribution in [2.24, 2.45) is 0 Å². The molecule has 8 heteroatoms. The predicted molar refractivity (Wildman–Crippen MR) is 304 cm³/mol. The van der Waals surface area contributed by atoms with Gasteiger partial charge in [0.1, 0.15) is 11.0 Å². The summed E-state index contributed by atoms with van der Waals surface area (Å²) in [6.45, 7) is 0. The highest BCUT2D eigenvalue weighted by molar-refractivity contribution is 6.20. The Labute approximate surface area is 429 Å². The van der Waals surface area contributed by atoms with Crippen LogP contribution in [0, 0.1) is 0 Å². The minimum Gasteiger partial charge on any atom is -0.435 e. The van der Waals surface area contributed by atoms with Crippen molar-refractivity contribution in [3.05, 3.63) is 237 Å². The average Bonchev–Trinajstić information content (AvgIpc) is 3.99. The molecule has 0 fully saturated rings. The second-order valence-corrected chi connectivity index (χ2v) is 18.8. The highest BCUT2D eigenvalue weighted by Crippen LogP contribution is 2.42. The quantitative estimate of drug-likeness (QED) is 0.146. The summed E-state index contributed by atoms with van der Waals surface area (Å²) in [6, 6.07) is 77.6. The van der Waals surface area contributed by atoms with E-state index in [1.54, 1.807) is 12.4 Å². The van der Waals surface area contributed by atoms with Crippen molar-refractivity contribution in [3.63, 3.8) is 0 Å². The second kappa shape index (κ2) is 17.2. The van der Waals surface area contributed by atoms with E-state index in [0.717, 1.165) is 110 Å². The summed E-state index contributed by atoms with van der Waals surface area (Å²) < 4.78 is 6.95. The van der Waals surface area contributed by atoms with E-state index >= 15 is 0 Å². The summed E-state index contributed by atoms with van der Waals surface area (Å²) in [5.74, 6) is 1.45. The van der Waals surface area contributed by atoms with Crippen molar-refractivity contribution < 1.29 is 4.42 Å². The van der Waals surface area contributed by atoms with E-state index in [4.69, 9.17) is 39.3 Å². The van der Waals surface area contributed by atoms with Crippen LogP contribution in [0.5, 0.6) is 0 Å². The molecular formula is C67H39N7O. The van der Waals surface area contributed by atoms with E-state index in [9.17, 15) is 0 Å². The molecule has 5 aromatic heterocycles. The van der Waals surface area contributed by atoms with Crippen LogP contribution < -0.4 is 0 Å². The number of pyridine rings is 2. The van der Waals surface area contributed by atoms with Gasteiger partial charge in [0.25, 0.3) is 0 Å². The minimum absolute atomic E-state index is 0.412. The van der Waals surface area contributed by atoms with E-state index in [2.05, 4.69) is 164 Å². The molecule has 0 amide bonds. The van der Waals surface area contributed by atoms with Crippen LogP contribution >= 0.6 is 0 Å². The summed E-state index contributed by atoms with van der Waals surface area (Å²) in [6.07, 6.45) is 3.57. The van der Waals surface area contributed by atoms with Crippen LogP contribution in [-0.4, -0.2) is 34.9 Å². The highest BCUT2D eigenvalue weighted by atomic mass is 16.3. The van der Waals surface area contributed by atoms with Gasteiger partial charge in [-0.1, -0.05) is 158 Å². The Morgan fingerprint density at radius 2 is 0.680 bits per heavy atom. The van der Waals surface area contributed by atoms with Gasteiger partial charge in [0.05, 0.1) is 28.3 Å². The maximum absolute atomic E-state index is 6.95. The monoisotopic (exact) mass is 957 g/mol. The van der Waals surface area contributed by atoms with Gasteiger partial charge in [0.15, 0.2) is 17.2 Å². The molecule has 0 aliphatic rings. The van der Waals surface area contributed by atoms with Crippen molar-refractivity contribution in [2.75, 3.05) is 0 Å². The maximum Gasteiger partial charge on any atom is 0.227 e. The number of hydrogen-bond donors (Lipinski definition) is 0. The van der Waals surface area contributed by atoms with Crippen molar-refractivity contribution in [2.45, 2.75) is 0 Å². The summed E-state index contributed by atoms with van der Waals surface area (Å²) in [5.41, 5.74) is 12.1. The van der Waals surface area contributed by atoms with Gasteiger partial charge in [-0.2, -0.15) is 0 Å². The van der Waals surface area contributed by atoms with Crippen molar-refractivity contribution in [1.82, 2.24) is 34.9 Å². The fourth-order valence-electron chi connectivity index (χ4n) is 10.9. The molecular weight excluding hydrogens is 919 g/mol. The molecule has 75 heavy (non-hydrogen) atoms. The van der Waals surface area contributed by atoms with Gasteiger partial charge in [0.2, 0.25) is 5.89 Å².